The normalized spacial score (nSPS) is 10.8. The number of anilines is 1. The molecule has 0 unspecified atom stereocenters. The van der Waals surface area contributed by atoms with Gasteiger partial charge in [0.2, 0.25) is 5.95 Å². The number of hydrogen-bond donors (Lipinski definition) is 2. The molecule has 8 nitrogen and oxygen atoms in total. The Hall–Kier alpha value is -2.72. The van der Waals surface area contributed by atoms with Crippen molar-refractivity contribution in [3.8, 4) is 11.6 Å². The molecule has 2 aromatic rings. The molecule has 0 saturated carbocycles. The molecule has 0 fully saturated rings. The highest BCUT2D eigenvalue weighted by Gasteiger charge is 2.38. The molecule has 0 aliphatic carbocycles. The number of imidazole rings is 1. The van der Waals surface area contributed by atoms with Crippen LogP contribution in [0.15, 0.2) is 12.3 Å². The third-order valence-corrected chi connectivity index (χ3v) is 2.29. The van der Waals surface area contributed by atoms with Gasteiger partial charge in [-0.15, -0.1) is 5.10 Å². The van der Waals surface area contributed by atoms with E-state index in [1.165, 1.54) is 4.52 Å². The Labute approximate surface area is 128 Å². The van der Waals surface area contributed by atoms with Gasteiger partial charge in [0.25, 0.3) is 5.88 Å². The van der Waals surface area contributed by atoms with E-state index in [0.29, 0.717) is 30.8 Å². The first-order valence-electron chi connectivity index (χ1n) is 6.40. The number of aromatic nitrogens is 3. The third-order valence-electron chi connectivity index (χ3n) is 2.29. The smallest absolute Gasteiger partial charge is 0.488 e. The first kappa shape index (κ1) is 18.3. The maximum atomic E-state index is 10.6. The summed E-state index contributed by atoms with van der Waals surface area (Å²) in [5.74, 6) is -1.38. The molecular weight excluding hydrogens is 321 g/mol. The Balaban J connectivity index is 0.000000322. The molecule has 0 aromatic carbocycles. The largest absolute Gasteiger partial charge is 0.490 e. The van der Waals surface area contributed by atoms with E-state index in [0.717, 1.165) is 5.52 Å². The van der Waals surface area contributed by atoms with Crippen molar-refractivity contribution in [1.29, 1.82) is 0 Å². The summed E-state index contributed by atoms with van der Waals surface area (Å²) in [4.78, 5) is 12.9. The molecule has 0 amide bonds. The lowest BCUT2D eigenvalue weighted by molar-refractivity contribution is -0.192. The van der Waals surface area contributed by atoms with Crippen molar-refractivity contribution in [3.05, 3.63) is 12.3 Å². The van der Waals surface area contributed by atoms with Crippen LogP contribution in [0, 0.1) is 0 Å². The Bertz CT molecular complexity index is 672. The molecule has 0 radical (unpaired) electrons. The minimum Gasteiger partial charge on any atom is -0.488 e. The average molecular weight is 336 g/mol. The lowest BCUT2D eigenvalue weighted by atomic mass is 10.4. The molecule has 23 heavy (non-hydrogen) atoms. The third kappa shape index (κ3) is 4.90. The SMILES string of the molecule is CCOc1cc2cnc(N)n2nc1OCC.O=C(O)C(F)(F)F. The van der Waals surface area contributed by atoms with Crippen molar-refractivity contribution < 1.29 is 32.5 Å². The first-order valence-corrected chi connectivity index (χ1v) is 6.40. The van der Waals surface area contributed by atoms with Crippen molar-refractivity contribution in [3.63, 3.8) is 0 Å². The minimum absolute atomic E-state index is 0.332. The molecule has 2 aromatic heterocycles. The van der Waals surface area contributed by atoms with Gasteiger partial charge in [-0.3, -0.25) is 0 Å². The van der Waals surface area contributed by atoms with E-state index in [9.17, 15) is 13.2 Å². The molecular formula is C12H15F3N4O4. The van der Waals surface area contributed by atoms with E-state index in [4.69, 9.17) is 25.1 Å². The fraction of sp³-hybridized carbons (Fsp3) is 0.417. The summed E-state index contributed by atoms with van der Waals surface area (Å²) in [7, 11) is 0. The van der Waals surface area contributed by atoms with E-state index in [2.05, 4.69) is 10.1 Å². The van der Waals surface area contributed by atoms with Gasteiger partial charge in [-0.1, -0.05) is 0 Å². The van der Waals surface area contributed by atoms with Crippen LogP contribution in [-0.2, 0) is 4.79 Å². The van der Waals surface area contributed by atoms with Crippen molar-refractivity contribution in [2.24, 2.45) is 0 Å². The lowest BCUT2D eigenvalue weighted by Gasteiger charge is -2.09. The maximum absolute atomic E-state index is 10.6. The first-order chi connectivity index (χ1) is 10.7. The molecule has 0 atom stereocenters. The van der Waals surface area contributed by atoms with Gasteiger partial charge in [0.05, 0.1) is 24.9 Å². The van der Waals surface area contributed by atoms with E-state index >= 15 is 0 Å². The second-order valence-electron chi connectivity index (χ2n) is 3.94. The summed E-state index contributed by atoms with van der Waals surface area (Å²) >= 11 is 0. The number of carboxylic acids is 1. The fourth-order valence-electron chi connectivity index (χ4n) is 1.41. The van der Waals surface area contributed by atoms with E-state index in [-0.39, 0.29) is 0 Å². The topological polar surface area (TPSA) is 112 Å². The summed E-state index contributed by atoms with van der Waals surface area (Å²) in [5.41, 5.74) is 6.44. The van der Waals surface area contributed by atoms with Crippen molar-refractivity contribution in [2.45, 2.75) is 20.0 Å². The molecule has 0 saturated heterocycles. The van der Waals surface area contributed by atoms with Crippen molar-refractivity contribution >= 4 is 17.4 Å². The zero-order chi connectivity index (χ0) is 17.6. The summed E-state index contributed by atoms with van der Waals surface area (Å²) in [6.07, 6.45) is -3.44. The number of rotatable bonds is 4. The van der Waals surface area contributed by atoms with Crippen LogP contribution in [0.3, 0.4) is 0 Å². The summed E-state index contributed by atoms with van der Waals surface area (Å²) < 4.78 is 44.1. The molecule has 3 N–H and O–H groups in total. The number of hydrogen-bond acceptors (Lipinski definition) is 6. The highest BCUT2D eigenvalue weighted by Crippen LogP contribution is 2.26. The van der Waals surface area contributed by atoms with Gasteiger partial charge in [-0.25, -0.2) is 9.78 Å². The van der Waals surface area contributed by atoms with Crippen molar-refractivity contribution in [2.75, 3.05) is 18.9 Å². The lowest BCUT2D eigenvalue weighted by Crippen LogP contribution is -2.21. The van der Waals surface area contributed by atoms with Crippen LogP contribution in [0.4, 0.5) is 19.1 Å². The van der Waals surface area contributed by atoms with E-state index < -0.39 is 12.1 Å². The van der Waals surface area contributed by atoms with Gasteiger partial charge < -0.3 is 20.3 Å². The second kappa shape index (κ2) is 7.51. The van der Waals surface area contributed by atoms with Crippen LogP contribution in [0.1, 0.15) is 13.8 Å². The van der Waals surface area contributed by atoms with Gasteiger partial charge in [-0.05, 0) is 13.8 Å². The number of ether oxygens (including phenoxy) is 2. The van der Waals surface area contributed by atoms with Crippen LogP contribution in [0.2, 0.25) is 0 Å². The molecule has 2 heterocycles. The number of aliphatic carboxylic acids is 1. The highest BCUT2D eigenvalue weighted by molar-refractivity contribution is 5.73. The van der Waals surface area contributed by atoms with Crippen LogP contribution in [-0.4, -0.2) is 45.1 Å². The highest BCUT2D eigenvalue weighted by atomic mass is 19.4. The number of nitrogens with two attached hydrogens (primary N) is 1. The quantitative estimate of drug-likeness (QED) is 0.874. The van der Waals surface area contributed by atoms with Gasteiger partial charge in [-0.2, -0.15) is 17.7 Å². The monoisotopic (exact) mass is 336 g/mol. The van der Waals surface area contributed by atoms with Gasteiger partial charge in [0.15, 0.2) is 5.75 Å². The second-order valence-corrected chi connectivity index (χ2v) is 3.94. The molecule has 2 rings (SSSR count). The van der Waals surface area contributed by atoms with Gasteiger partial charge in [0.1, 0.15) is 0 Å². The number of halogens is 3. The van der Waals surface area contributed by atoms with Crippen LogP contribution in [0.5, 0.6) is 11.6 Å². The number of fused-ring (bicyclic) bond motifs is 1. The Morgan fingerprint density at radius 2 is 1.91 bits per heavy atom. The Morgan fingerprint density at radius 1 is 1.35 bits per heavy atom. The molecule has 0 aliphatic rings. The van der Waals surface area contributed by atoms with Crippen molar-refractivity contribution in [1.82, 2.24) is 14.6 Å². The zero-order valence-electron chi connectivity index (χ0n) is 12.3. The van der Waals surface area contributed by atoms with Gasteiger partial charge >= 0.3 is 12.1 Å². The van der Waals surface area contributed by atoms with Crippen LogP contribution >= 0.6 is 0 Å². The van der Waals surface area contributed by atoms with E-state index in [1.54, 1.807) is 6.20 Å². The number of alkyl halides is 3. The van der Waals surface area contributed by atoms with Gasteiger partial charge in [0, 0.05) is 6.07 Å². The molecule has 0 bridgehead atoms. The average Bonchev–Trinajstić information content (AvgIpc) is 2.80. The predicted octanol–water partition coefficient (Wildman–Crippen LogP) is 1.74. The Kier molecular flexibility index (Phi) is 5.99. The Morgan fingerprint density at radius 3 is 2.39 bits per heavy atom. The minimum atomic E-state index is -5.08. The number of carbonyl (C=O) groups is 1. The molecule has 11 heteroatoms. The molecule has 0 aliphatic heterocycles. The van der Waals surface area contributed by atoms with E-state index in [1.807, 2.05) is 19.9 Å². The predicted molar refractivity (Wildman–Crippen MR) is 73.4 cm³/mol. The zero-order valence-corrected chi connectivity index (χ0v) is 12.3. The number of nitrogens with zero attached hydrogens (tertiary/aromatic N) is 3. The standard InChI is InChI=1S/C10H14N4O2.C2HF3O2/c1-3-15-8-5-7-6-12-10(11)14(7)13-9(8)16-4-2;3-2(4,5)1(6)7/h5-6H,3-4H2,1-2H3,(H2,11,12);(H,6,7). The maximum Gasteiger partial charge on any atom is 0.490 e. The molecule has 128 valence electrons. The van der Waals surface area contributed by atoms with Crippen LogP contribution < -0.4 is 15.2 Å². The summed E-state index contributed by atoms with van der Waals surface area (Å²) in [6.45, 7) is 4.87. The molecule has 0 spiro atoms. The number of carboxylic acid groups (broad SMARTS) is 1. The number of nitrogen functional groups attached to an aromatic ring is 1. The summed E-state index contributed by atoms with van der Waals surface area (Å²) in [6, 6.07) is 1.81. The van der Waals surface area contributed by atoms with Crippen LogP contribution in [0.25, 0.3) is 5.52 Å². The summed E-state index contributed by atoms with van der Waals surface area (Å²) in [5, 5.41) is 11.4. The fourth-order valence-corrected chi connectivity index (χ4v) is 1.41.